The predicted molar refractivity (Wildman–Crippen MR) is 232 cm³/mol. The Kier molecular flexibility index (Phi) is 16.8. The van der Waals surface area contributed by atoms with E-state index in [-0.39, 0.29) is 24.9 Å². The van der Waals surface area contributed by atoms with Crippen molar-refractivity contribution in [1.82, 2.24) is 0 Å². The zero-order valence-corrected chi connectivity index (χ0v) is 37.3. The van der Waals surface area contributed by atoms with Gasteiger partial charge in [-0.3, -0.25) is 4.79 Å². The van der Waals surface area contributed by atoms with Crippen molar-refractivity contribution in [2.45, 2.75) is 121 Å². The molecule has 64 heavy (non-hydrogen) atoms. The first-order chi connectivity index (χ1) is 30.5. The molecule has 0 amide bonds. The number of hydrogen-bond donors (Lipinski definition) is 2. The van der Waals surface area contributed by atoms with Crippen LogP contribution < -0.4 is 0 Å². The maximum Gasteiger partial charge on any atom is 0.346 e. The summed E-state index contributed by atoms with van der Waals surface area (Å²) >= 11 is 0. The average molecular weight is 885 g/mol. The molecular formula is C50H60O14. The number of esters is 5. The Morgan fingerprint density at radius 2 is 1.41 bits per heavy atom. The van der Waals surface area contributed by atoms with Crippen molar-refractivity contribution in [2.75, 3.05) is 7.11 Å². The van der Waals surface area contributed by atoms with Crippen LogP contribution in [0.5, 0.6) is 0 Å². The number of fused-ring (bicyclic) bond motifs is 2. The van der Waals surface area contributed by atoms with Crippen molar-refractivity contribution in [1.29, 1.82) is 0 Å². The van der Waals surface area contributed by atoms with E-state index in [2.05, 4.69) is 13.5 Å². The van der Waals surface area contributed by atoms with Gasteiger partial charge in [-0.25, -0.2) is 19.2 Å². The lowest BCUT2D eigenvalue weighted by molar-refractivity contribution is -0.375. The number of rotatable bonds is 21. The highest BCUT2D eigenvalue weighted by Gasteiger charge is 2.86. The van der Waals surface area contributed by atoms with Gasteiger partial charge in [-0.1, -0.05) is 138 Å². The second kappa shape index (κ2) is 21.8. The first-order valence-electron chi connectivity index (χ1n) is 21.6. The highest BCUT2D eigenvalue weighted by molar-refractivity contribution is 5.99. The van der Waals surface area contributed by atoms with Gasteiger partial charge in [-0.05, 0) is 53.4 Å². The van der Waals surface area contributed by atoms with Crippen molar-refractivity contribution in [3.8, 4) is 0 Å². The maximum atomic E-state index is 14.6. The summed E-state index contributed by atoms with van der Waals surface area (Å²) in [7, 11) is 0.926. The van der Waals surface area contributed by atoms with Crippen LogP contribution >= 0.6 is 0 Å². The molecule has 10 atom stereocenters. The lowest BCUT2D eigenvalue weighted by atomic mass is 9.74. The number of aliphatic hydroxyl groups is 2. The van der Waals surface area contributed by atoms with E-state index in [9.17, 15) is 34.2 Å². The second-order valence-corrected chi connectivity index (χ2v) is 16.8. The molecule has 2 saturated heterocycles. The largest absolute Gasteiger partial charge is 0.467 e. The van der Waals surface area contributed by atoms with Crippen LogP contribution in [-0.2, 0) is 76.8 Å². The molecule has 344 valence electrons. The van der Waals surface area contributed by atoms with E-state index in [4.69, 9.17) is 33.2 Å². The van der Waals surface area contributed by atoms with Crippen LogP contribution in [0.25, 0.3) is 0 Å². The predicted octanol–water partition coefficient (Wildman–Crippen LogP) is 6.29. The Morgan fingerprint density at radius 1 is 0.844 bits per heavy atom. The van der Waals surface area contributed by atoms with Gasteiger partial charge in [-0.2, -0.15) is 0 Å². The van der Waals surface area contributed by atoms with Crippen molar-refractivity contribution in [2.24, 2.45) is 17.8 Å². The summed E-state index contributed by atoms with van der Waals surface area (Å²) in [5.74, 6) is -8.71. The summed E-state index contributed by atoms with van der Waals surface area (Å²) in [6.45, 7) is 12.5. The van der Waals surface area contributed by atoms with Gasteiger partial charge in [0.15, 0.2) is 6.10 Å². The van der Waals surface area contributed by atoms with Crippen molar-refractivity contribution < 1.29 is 67.3 Å². The molecule has 2 bridgehead atoms. The van der Waals surface area contributed by atoms with Gasteiger partial charge in [0.25, 0.3) is 5.60 Å². The molecule has 2 heterocycles. The molecule has 2 fully saturated rings. The minimum absolute atomic E-state index is 0.0927. The monoisotopic (exact) mass is 884 g/mol. The second-order valence-electron chi connectivity index (χ2n) is 16.8. The molecule has 0 spiro atoms. The Labute approximate surface area is 374 Å². The van der Waals surface area contributed by atoms with Gasteiger partial charge < -0.3 is 43.4 Å². The zero-order valence-electron chi connectivity index (χ0n) is 37.3. The summed E-state index contributed by atoms with van der Waals surface area (Å²) in [6, 6.07) is 26.4. The molecular weight excluding hydrogens is 825 g/mol. The maximum absolute atomic E-state index is 14.6. The Bertz CT molecular complexity index is 2110. The number of hydrogen-bond acceptors (Lipinski definition) is 14. The molecule has 3 aromatic carbocycles. The SMILES string of the molecule is C=C(CC[C@@]12O[C@H](C(=O)OCc3ccccc3)[C@@](O)(C(=O)OCc3ccccc3)[C@@](C(=O)OC)(O1)[C@H](OC(=O)/C=C/[C@@H](C)C[C@@H](C)CC)[C@H]2O)C(OC(C)=O)[C@H](C)Cc1ccccc1. The highest BCUT2D eigenvalue weighted by atomic mass is 16.8. The first kappa shape index (κ1) is 49.3. The summed E-state index contributed by atoms with van der Waals surface area (Å²) in [4.78, 5) is 69.8. The highest BCUT2D eigenvalue weighted by Crippen LogP contribution is 2.57. The van der Waals surface area contributed by atoms with E-state index in [0.717, 1.165) is 31.6 Å². The van der Waals surface area contributed by atoms with Gasteiger partial charge in [0.2, 0.25) is 17.5 Å². The summed E-state index contributed by atoms with van der Waals surface area (Å²) in [6.07, 6.45) is -3.57. The number of benzene rings is 3. The van der Waals surface area contributed by atoms with Crippen LogP contribution in [0.1, 0.15) is 77.0 Å². The van der Waals surface area contributed by atoms with Crippen LogP contribution in [0.15, 0.2) is 115 Å². The molecule has 14 nitrogen and oxygen atoms in total. The molecule has 5 rings (SSSR count). The molecule has 2 aliphatic rings. The fourth-order valence-electron chi connectivity index (χ4n) is 8.33. The van der Waals surface area contributed by atoms with Gasteiger partial charge in [-0.15, -0.1) is 0 Å². The molecule has 2 N–H and O–H groups in total. The zero-order chi connectivity index (χ0) is 46.7. The first-order valence-corrected chi connectivity index (χ1v) is 21.6. The third-order valence-corrected chi connectivity index (χ3v) is 11.9. The van der Waals surface area contributed by atoms with Crippen molar-refractivity contribution in [3.05, 3.63) is 132 Å². The van der Waals surface area contributed by atoms with E-state index in [0.29, 0.717) is 29.0 Å². The lowest BCUT2D eigenvalue weighted by Crippen LogP contribution is -2.78. The fourth-order valence-corrected chi connectivity index (χ4v) is 8.33. The molecule has 0 radical (unpaired) electrons. The fraction of sp³-hybridized carbons (Fsp3) is 0.460. The minimum Gasteiger partial charge on any atom is -0.467 e. The van der Waals surface area contributed by atoms with Crippen molar-refractivity contribution in [3.63, 3.8) is 0 Å². The molecule has 0 aromatic heterocycles. The molecule has 0 saturated carbocycles. The van der Waals surface area contributed by atoms with Gasteiger partial charge in [0, 0.05) is 25.3 Å². The van der Waals surface area contributed by atoms with Gasteiger partial charge >= 0.3 is 29.8 Å². The third kappa shape index (κ3) is 11.0. The van der Waals surface area contributed by atoms with Crippen LogP contribution in [-0.4, -0.2) is 88.6 Å². The Balaban J connectivity index is 1.61. The van der Waals surface area contributed by atoms with Crippen LogP contribution in [0, 0.1) is 17.8 Å². The number of allylic oxidation sites excluding steroid dienone is 1. The lowest BCUT2D eigenvalue weighted by Gasteiger charge is -2.50. The average Bonchev–Trinajstić information content (AvgIpc) is 3.51. The number of carbonyl (C=O) groups excluding carboxylic acids is 5. The number of aliphatic hydroxyl groups excluding tert-OH is 1. The van der Waals surface area contributed by atoms with E-state index in [1.165, 1.54) is 6.92 Å². The molecule has 1 unspecified atom stereocenters. The number of ether oxygens (including phenoxy) is 7. The van der Waals surface area contributed by atoms with Gasteiger partial charge in [0.1, 0.15) is 25.4 Å². The summed E-state index contributed by atoms with van der Waals surface area (Å²) in [5.41, 5.74) is -4.46. The minimum atomic E-state index is -3.54. The molecule has 3 aromatic rings. The van der Waals surface area contributed by atoms with Crippen LogP contribution in [0.2, 0.25) is 0 Å². The molecule has 14 heteroatoms. The third-order valence-electron chi connectivity index (χ3n) is 11.9. The Hall–Kier alpha value is -5.67. The van der Waals surface area contributed by atoms with E-state index < -0.39 is 84.3 Å². The standard InChI is InChI=1S/C50H60O14/c1-8-32(2)28-33(3)24-25-40(52)62-43-42(53)48(27-26-34(4)41(61-36(6)51)35(5)29-37-18-12-9-13-19-37)63-44(45(54)59-30-38-20-14-10-15-21-38)49(57,50(43,64-48)47(56)58-7)46(55)60-31-39-22-16-11-17-23-39/h9-25,32-33,35,41-44,53,57H,4,8,26-31H2,1-3,5-7H3/b25-24+/t32-,33+,35+,41?,42+,43+,44+,48+,49+,50+/m0/s1. The topological polar surface area (TPSA) is 190 Å². The molecule has 0 aliphatic carbocycles. The molecule has 2 aliphatic heterocycles. The van der Waals surface area contributed by atoms with Crippen molar-refractivity contribution >= 4 is 29.8 Å². The normalized spacial score (nSPS) is 25.6. The van der Waals surface area contributed by atoms with E-state index >= 15 is 0 Å². The van der Waals surface area contributed by atoms with E-state index in [1.807, 2.05) is 51.1 Å². The number of methoxy groups -OCH3 is 1. The number of carbonyl (C=O) groups is 5. The smallest absolute Gasteiger partial charge is 0.346 e. The van der Waals surface area contributed by atoms with Gasteiger partial charge in [0.05, 0.1) is 7.11 Å². The Morgan fingerprint density at radius 3 is 1.95 bits per heavy atom. The quantitative estimate of drug-likeness (QED) is 0.0525. The van der Waals surface area contributed by atoms with E-state index in [1.54, 1.807) is 66.7 Å². The van der Waals surface area contributed by atoms with Crippen LogP contribution in [0.4, 0.5) is 0 Å². The summed E-state index contributed by atoms with van der Waals surface area (Å²) < 4.78 is 40.8. The summed E-state index contributed by atoms with van der Waals surface area (Å²) in [5, 5.41) is 25.4. The van der Waals surface area contributed by atoms with Crippen LogP contribution in [0.3, 0.4) is 0 Å².